The first-order valence-corrected chi connectivity index (χ1v) is 11.2. The molecule has 0 bridgehead atoms. The van der Waals surface area contributed by atoms with Crippen LogP contribution in [0.3, 0.4) is 0 Å². The molecule has 0 amide bonds. The van der Waals surface area contributed by atoms with Crippen LogP contribution in [0.5, 0.6) is 0 Å². The van der Waals surface area contributed by atoms with Crippen molar-refractivity contribution in [1.82, 2.24) is 0 Å². The van der Waals surface area contributed by atoms with Crippen LogP contribution in [-0.2, 0) is 0 Å². The zero-order valence-corrected chi connectivity index (χ0v) is 16.0. The fraction of sp³-hybridized carbons (Fsp3) is 1.00. The minimum atomic E-state index is -0.0182. The summed E-state index contributed by atoms with van der Waals surface area (Å²) >= 11 is 2.27. The molecule has 1 nitrogen and oxygen atoms in total. The van der Waals surface area contributed by atoms with Crippen molar-refractivity contribution in [1.29, 1.82) is 0 Å². The first-order valence-electron chi connectivity index (χ1n) is 10.2. The quantitative estimate of drug-likeness (QED) is 0.620. The molecule has 5 aliphatic rings. The Morgan fingerprint density at radius 1 is 0.913 bits per heavy atom. The van der Waals surface area contributed by atoms with Crippen LogP contribution in [0, 0.1) is 40.4 Å². The maximum Gasteiger partial charge on any atom is 0.0596 e. The molecule has 5 rings (SSSR count). The Hall–Kier alpha value is 0.310. The molecular weight excluding hydrogens is 300 g/mol. The molecule has 1 aliphatic heterocycles. The molecule has 5 fully saturated rings. The predicted octanol–water partition coefficient (Wildman–Crippen LogP) is 5.12. The number of rotatable bonds is 0. The van der Waals surface area contributed by atoms with Crippen LogP contribution in [0.15, 0.2) is 0 Å². The summed E-state index contributed by atoms with van der Waals surface area (Å²) in [7, 11) is 0. The van der Waals surface area contributed by atoms with E-state index in [1.807, 2.05) is 0 Å². The van der Waals surface area contributed by atoms with Gasteiger partial charge < -0.3 is 5.11 Å². The minimum Gasteiger partial charge on any atom is -0.393 e. The van der Waals surface area contributed by atoms with Gasteiger partial charge in [0.2, 0.25) is 0 Å². The van der Waals surface area contributed by atoms with Crippen LogP contribution >= 0.6 is 11.8 Å². The lowest BCUT2D eigenvalue weighted by Gasteiger charge is -2.62. The number of aliphatic hydroxyl groups is 1. The average Bonchev–Trinajstić information content (AvgIpc) is 3.22. The molecule has 130 valence electrons. The molecule has 4 saturated carbocycles. The van der Waals surface area contributed by atoms with E-state index >= 15 is 0 Å². The molecule has 1 heterocycles. The zero-order valence-electron chi connectivity index (χ0n) is 15.2. The fourth-order valence-electron chi connectivity index (χ4n) is 8.12. The highest BCUT2D eigenvalue weighted by Crippen LogP contribution is 2.71. The Labute approximate surface area is 146 Å². The van der Waals surface area contributed by atoms with E-state index in [2.05, 4.69) is 32.5 Å². The van der Waals surface area contributed by atoms with E-state index in [4.69, 9.17) is 0 Å². The molecule has 0 aromatic rings. The molecule has 0 unspecified atom stereocenters. The molecule has 0 aromatic heterocycles. The predicted molar refractivity (Wildman–Crippen MR) is 97.5 cm³/mol. The molecule has 23 heavy (non-hydrogen) atoms. The summed E-state index contributed by atoms with van der Waals surface area (Å²) in [6.45, 7) is 7.65. The molecular formula is C21H34OS. The van der Waals surface area contributed by atoms with E-state index in [9.17, 15) is 5.11 Å². The second-order valence-electron chi connectivity index (χ2n) is 10.5. The summed E-state index contributed by atoms with van der Waals surface area (Å²) in [6, 6.07) is 0. The Morgan fingerprint density at radius 2 is 1.65 bits per heavy atom. The molecule has 0 radical (unpaired) electrons. The number of thioether (sulfide) groups is 1. The highest BCUT2D eigenvalue weighted by molar-refractivity contribution is 8.07. The van der Waals surface area contributed by atoms with Crippen molar-refractivity contribution in [3.8, 4) is 0 Å². The lowest BCUT2D eigenvalue weighted by molar-refractivity contribution is -0.129. The van der Waals surface area contributed by atoms with Crippen molar-refractivity contribution in [2.45, 2.75) is 83.0 Å². The molecule has 4 aliphatic carbocycles. The summed E-state index contributed by atoms with van der Waals surface area (Å²) in [5.41, 5.74) is 0.851. The van der Waals surface area contributed by atoms with Crippen LogP contribution in [0.2, 0.25) is 0 Å². The summed E-state index contributed by atoms with van der Waals surface area (Å²) < 4.78 is 0.698. The van der Waals surface area contributed by atoms with Crippen molar-refractivity contribution in [2.75, 3.05) is 5.75 Å². The summed E-state index contributed by atoms with van der Waals surface area (Å²) in [5, 5.41) is 10.6. The summed E-state index contributed by atoms with van der Waals surface area (Å²) in [6.07, 6.45) is 11.0. The summed E-state index contributed by atoms with van der Waals surface area (Å²) in [4.78, 5) is 0. The Bertz CT molecular complexity index is 514. The van der Waals surface area contributed by atoms with Crippen molar-refractivity contribution >= 4 is 11.8 Å². The van der Waals surface area contributed by atoms with E-state index in [0.717, 1.165) is 36.0 Å². The maximum atomic E-state index is 10.6. The highest BCUT2D eigenvalue weighted by Gasteiger charge is 2.64. The van der Waals surface area contributed by atoms with Crippen LogP contribution < -0.4 is 0 Å². The third kappa shape index (κ3) is 1.92. The van der Waals surface area contributed by atoms with Gasteiger partial charge in [0.15, 0.2) is 0 Å². The van der Waals surface area contributed by atoms with Gasteiger partial charge >= 0.3 is 0 Å². The normalized spacial score (nSPS) is 64.2. The Kier molecular flexibility index (Phi) is 3.20. The van der Waals surface area contributed by atoms with Gasteiger partial charge in [-0.05, 0) is 91.8 Å². The van der Waals surface area contributed by atoms with Gasteiger partial charge in [-0.25, -0.2) is 0 Å². The van der Waals surface area contributed by atoms with Gasteiger partial charge in [0.1, 0.15) is 0 Å². The van der Waals surface area contributed by atoms with E-state index in [0.29, 0.717) is 10.2 Å². The van der Waals surface area contributed by atoms with Gasteiger partial charge in [0, 0.05) is 10.5 Å². The molecule has 0 aromatic carbocycles. The van der Waals surface area contributed by atoms with Crippen molar-refractivity contribution in [2.24, 2.45) is 40.4 Å². The maximum absolute atomic E-state index is 10.6. The standard InChI is InChI=1S/C21H34OS/c1-13-10-20(3)14(11-21(13)12-23-21)4-5-15-16-6-7-18(22)19(16,2)9-8-17(15)20/h13-18,22H,4-12H2,1-3H3/t13-,14-,15-,16-,17+,18+,19+,20+,21+/m1/s1. The van der Waals surface area contributed by atoms with Crippen LogP contribution in [0.1, 0.15) is 72.1 Å². The Morgan fingerprint density at radius 3 is 2.39 bits per heavy atom. The van der Waals surface area contributed by atoms with E-state index in [1.54, 1.807) is 0 Å². The smallest absolute Gasteiger partial charge is 0.0596 e. The van der Waals surface area contributed by atoms with Gasteiger partial charge in [0.05, 0.1) is 6.10 Å². The molecule has 1 saturated heterocycles. The van der Waals surface area contributed by atoms with E-state index < -0.39 is 0 Å². The van der Waals surface area contributed by atoms with Crippen LogP contribution in [-0.4, -0.2) is 21.7 Å². The minimum absolute atomic E-state index is 0.0182. The monoisotopic (exact) mass is 334 g/mol. The van der Waals surface area contributed by atoms with E-state index in [1.165, 1.54) is 50.7 Å². The van der Waals surface area contributed by atoms with Gasteiger partial charge in [-0.1, -0.05) is 20.8 Å². The van der Waals surface area contributed by atoms with Gasteiger partial charge in [-0.3, -0.25) is 0 Å². The first-order chi connectivity index (χ1) is 10.9. The summed E-state index contributed by atoms with van der Waals surface area (Å²) in [5.74, 6) is 6.05. The second-order valence-corrected chi connectivity index (χ2v) is 11.8. The highest BCUT2D eigenvalue weighted by atomic mass is 32.2. The largest absolute Gasteiger partial charge is 0.393 e. The number of hydrogen-bond donors (Lipinski definition) is 1. The van der Waals surface area contributed by atoms with Crippen molar-refractivity contribution < 1.29 is 5.11 Å². The molecule has 9 atom stereocenters. The van der Waals surface area contributed by atoms with E-state index in [-0.39, 0.29) is 11.5 Å². The third-order valence-electron chi connectivity index (χ3n) is 9.77. The molecule has 2 heteroatoms. The first kappa shape index (κ1) is 15.6. The lowest BCUT2D eigenvalue weighted by atomic mass is 9.43. The lowest BCUT2D eigenvalue weighted by Crippen LogP contribution is -2.56. The van der Waals surface area contributed by atoms with Crippen LogP contribution in [0.4, 0.5) is 0 Å². The number of hydrogen-bond acceptors (Lipinski definition) is 2. The van der Waals surface area contributed by atoms with Crippen molar-refractivity contribution in [3.63, 3.8) is 0 Å². The zero-order chi connectivity index (χ0) is 16.0. The average molecular weight is 335 g/mol. The van der Waals surface area contributed by atoms with Gasteiger partial charge in [-0.2, -0.15) is 11.8 Å². The number of aliphatic hydroxyl groups excluding tert-OH is 1. The Balaban J connectivity index is 1.45. The SMILES string of the molecule is C[C@@H]1C[C@@]2(C)[C@H](CC[C@@H]3[C@H]4CC[C@H](O)[C@@]4(C)CC[C@@H]32)C[C@]12CS2. The third-order valence-corrected chi connectivity index (χ3v) is 11.4. The second kappa shape index (κ2) is 4.72. The van der Waals surface area contributed by atoms with Crippen molar-refractivity contribution in [3.05, 3.63) is 0 Å². The van der Waals surface area contributed by atoms with Gasteiger partial charge in [-0.15, -0.1) is 0 Å². The van der Waals surface area contributed by atoms with Crippen LogP contribution in [0.25, 0.3) is 0 Å². The number of fused-ring (bicyclic) bond motifs is 5. The van der Waals surface area contributed by atoms with Gasteiger partial charge in [0.25, 0.3) is 0 Å². The molecule has 1 N–H and O–H groups in total. The topological polar surface area (TPSA) is 20.2 Å². The molecule has 1 spiro atoms. The fourth-order valence-corrected chi connectivity index (χ4v) is 9.39.